The van der Waals surface area contributed by atoms with Gasteiger partial charge in [0, 0.05) is 25.0 Å². The van der Waals surface area contributed by atoms with Crippen LogP contribution in [-0.2, 0) is 0 Å². The molecular weight excluding hydrogens is 256 g/mol. The molecule has 0 aromatic heterocycles. The lowest BCUT2D eigenvalue weighted by Gasteiger charge is -2.18. The Bertz CT molecular complexity index is 580. The highest BCUT2D eigenvalue weighted by molar-refractivity contribution is 7.80. The van der Waals surface area contributed by atoms with Crippen LogP contribution in [0.4, 0.5) is 5.69 Å². The van der Waals surface area contributed by atoms with Crippen LogP contribution in [0.2, 0.25) is 0 Å². The molecule has 4 nitrogen and oxygen atoms in total. The second-order valence-electron chi connectivity index (χ2n) is 3.78. The Balaban J connectivity index is 3.13. The van der Waals surface area contributed by atoms with Gasteiger partial charge in [0.2, 0.25) is 0 Å². The first kappa shape index (κ1) is 14.6. The molecule has 0 saturated heterocycles. The summed E-state index contributed by atoms with van der Waals surface area (Å²) in [5, 5.41) is 26.7. The molecular formula is C14H12N4S. The van der Waals surface area contributed by atoms with E-state index in [0.717, 1.165) is 18.0 Å². The summed E-state index contributed by atoms with van der Waals surface area (Å²) < 4.78 is 0. The molecule has 0 aliphatic carbocycles. The molecule has 0 aliphatic heterocycles. The van der Waals surface area contributed by atoms with Gasteiger partial charge in [0.1, 0.15) is 23.8 Å². The Hall–Kier alpha value is -2.42. The first-order valence-corrected chi connectivity index (χ1v) is 6.18. The van der Waals surface area contributed by atoms with E-state index in [-0.39, 0.29) is 11.1 Å². The lowest BCUT2D eigenvalue weighted by Crippen LogP contribution is -2.19. The second-order valence-corrected chi connectivity index (χ2v) is 4.22. The molecule has 0 bridgehead atoms. The van der Waals surface area contributed by atoms with Crippen molar-refractivity contribution >= 4 is 23.9 Å². The summed E-state index contributed by atoms with van der Waals surface area (Å²) in [5.41, 5.74) is 1.50. The van der Waals surface area contributed by atoms with Gasteiger partial charge in [0.15, 0.2) is 0 Å². The van der Waals surface area contributed by atoms with Gasteiger partial charge >= 0.3 is 0 Å². The van der Waals surface area contributed by atoms with Gasteiger partial charge in [-0.25, -0.2) is 0 Å². The van der Waals surface area contributed by atoms with Crippen molar-refractivity contribution in [3.8, 4) is 18.2 Å². The summed E-state index contributed by atoms with van der Waals surface area (Å²) >= 11 is 4.17. The summed E-state index contributed by atoms with van der Waals surface area (Å²) in [6.07, 6.45) is 0. The molecule has 0 unspecified atom stereocenters. The van der Waals surface area contributed by atoms with Crippen LogP contribution < -0.4 is 4.90 Å². The van der Waals surface area contributed by atoms with Gasteiger partial charge in [0.05, 0.1) is 5.57 Å². The van der Waals surface area contributed by atoms with E-state index < -0.39 is 0 Å². The zero-order valence-corrected chi connectivity index (χ0v) is 11.4. The van der Waals surface area contributed by atoms with Crippen LogP contribution in [0, 0.1) is 34.0 Å². The van der Waals surface area contributed by atoms with Crippen LogP contribution in [0.25, 0.3) is 5.57 Å². The number of allylic oxidation sites excluding steroid dienone is 2. The van der Waals surface area contributed by atoms with Crippen molar-refractivity contribution in [3.05, 3.63) is 35.4 Å². The molecule has 0 aliphatic rings. The topological polar surface area (TPSA) is 74.6 Å². The number of hydrogen-bond donors (Lipinski definition) is 1. The average Bonchev–Trinajstić information content (AvgIpc) is 2.45. The van der Waals surface area contributed by atoms with Crippen molar-refractivity contribution in [1.82, 2.24) is 0 Å². The predicted octanol–water partition coefficient (Wildman–Crippen LogP) is 2.38. The van der Waals surface area contributed by atoms with Crippen LogP contribution in [0.1, 0.15) is 5.56 Å². The maximum atomic E-state index is 9.04. The molecule has 0 amide bonds. The molecule has 1 aromatic carbocycles. The molecule has 19 heavy (non-hydrogen) atoms. The molecule has 94 valence electrons. The van der Waals surface area contributed by atoms with Gasteiger partial charge in [-0.3, -0.25) is 0 Å². The minimum Gasteiger partial charge on any atom is -0.374 e. The molecule has 0 heterocycles. The molecule has 0 saturated carbocycles. The lowest BCUT2D eigenvalue weighted by atomic mass is 10.0. The zero-order valence-electron chi connectivity index (χ0n) is 10.5. The summed E-state index contributed by atoms with van der Waals surface area (Å²) in [4.78, 5) is 2.03. The van der Waals surface area contributed by atoms with E-state index in [1.807, 2.05) is 30.1 Å². The van der Waals surface area contributed by atoms with Gasteiger partial charge in [-0.05, 0) is 17.7 Å². The van der Waals surface area contributed by atoms with E-state index >= 15 is 0 Å². The van der Waals surface area contributed by atoms with Gasteiger partial charge in [-0.1, -0.05) is 12.1 Å². The fourth-order valence-corrected chi connectivity index (χ4v) is 1.86. The van der Waals surface area contributed by atoms with Crippen LogP contribution in [0.3, 0.4) is 0 Å². The van der Waals surface area contributed by atoms with E-state index in [2.05, 4.69) is 12.6 Å². The molecule has 1 rings (SSSR count). The Morgan fingerprint density at radius 2 is 1.68 bits per heavy atom. The standard InChI is InChI=1S/C14H12N4S/c1-18(6-7-19)13-4-2-11(3-5-13)14(10-17)12(8-15)9-16/h2-5,19H,6-7H2,1H3. The van der Waals surface area contributed by atoms with Crippen LogP contribution in [-0.4, -0.2) is 19.3 Å². The van der Waals surface area contributed by atoms with Gasteiger partial charge in [0.25, 0.3) is 0 Å². The zero-order chi connectivity index (χ0) is 14.3. The second kappa shape index (κ2) is 7.11. The van der Waals surface area contributed by atoms with Gasteiger partial charge < -0.3 is 4.90 Å². The summed E-state index contributed by atoms with van der Waals surface area (Å²) in [5.74, 6) is 0.745. The number of nitrogens with zero attached hydrogens (tertiary/aromatic N) is 4. The van der Waals surface area contributed by atoms with Crippen molar-refractivity contribution in [1.29, 1.82) is 15.8 Å². The number of nitriles is 3. The Kier molecular flexibility index (Phi) is 5.48. The third-order valence-electron chi connectivity index (χ3n) is 2.62. The highest BCUT2D eigenvalue weighted by atomic mass is 32.1. The highest BCUT2D eigenvalue weighted by Crippen LogP contribution is 2.21. The fourth-order valence-electron chi connectivity index (χ4n) is 1.56. The van der Waals surface area contributed by atoms with Gasteiger partial charge in [-0.15, -0.1) is 0 Å². The van der Waals surface area contributed by atoms with E-state index in [1.54, 1.807) is 24.3 Å². The largest absolute Gasteiger partial charge is 0.374 e. The molecule has 0 N–H and O–H groups in total. The normalized spacial score (nSPS) is 8.79. The van der Waals surface area contributed by atoms with Crippen molar-refractivity contribution in [3.63, 3.8) is 0 Å². The number of anilines is 1. The monoisotopic (exact) mass is 268 g/mol. The average molecular weight is 268 g/mol. The minimum absolute atomic E-state index is 0.105. The summed E-state index contributed by atoms with van der Waals surface area (Å²) in [6.45, 7) is 0.811. The van der Waals surface area contributed by atoms with Crippen LogP contribution in [0.15, 0.2) is 29.8 Å². The van der Waals surface area contributed by atoms with Crippen LogP contribution >= 0.6 is 12.6 Å². The SMILES string of the molecule is CN(CCS)c1ccc(C(C#N)=C(C#N)C#N)cc1. The Labute approximate surface area is 118 Å². The molecule has 0 atom stereocenters. The first-order valence-electron chi connectivity index (χ1n) is 5.55. The van der Waals surface area contributed by atoms with Crippen molar-refractivity contribution in [2.24, 2.45) is 0 Å². The maximum absolute atomic E-state index is 9.04. The van der Waals surface area contributed by atoms with Crippen molar-refractivity contribution < 1.29 is 0 Å². The molecule has 5 heteroatoms. The highest BCUT2D eigenvalue weighted by Gasteiger charge is 2.09. The first-order chi connectivity index (χ1) is 9.17. The maximum Gasteiger partial charge on any atom is 0.148 e. The lowest BCUT2D eigenvalue weighted by molar-refractivity contribution is 0.980. The van der Waals surface area contributed by atoms with Crippen molar-refractivity contribution in [2.45, 2.75) is 0 Å². The molecule has 1 aromatic rings. The van der Waals surface area contributed by atoms with Gasteiger partial charge in [-0.2, -0.15) is 28.4 Å². The summed E-state index contributed by atoms with van der Waals surface area (Å²) in [6, 6.07) is 12.5. The number of thiol groups is 1. The smallest absolute Gasteiger partial charge is 0.148 e. The third kappa shape index (κ3) is 3.52. The van der Waals surface area contributed by atoms with E-state index in [4.69, 9.17) is 15.8 Å². The quantitative estimate of drug-likeness (QED) is 0.672. The van der Waals surface area contributed by atoms with E-state index in [1.165, 1.54) is 0 Å². The Morgan fingerprint density at radius 3 is 2.11 bits per heavy atom. The third-order valence-corrected chi connectivity index (χ3v) is 2.82. The molecule has 0 fully saturated rings. The number of benzene rings is 1. The minimum atomic E-state index is -0.168. The predicted molar refractivity (Wildman–Crippen MR) is 77.3 cm³/mol. The Morgan fingerprint density at radius 1 is 1.11 bits per heavy atom. The fraction of sp³-hybridized carbons (Fsp3) is 0.214. The molecule has 0 spiro atoms. The summed E-state index contributed by atoms with van der Waals surface area (Å²) in [7, 11) is 1.95. The van der Waals surface area contributed by atoms with Crippen molar-refractivity contribution in [2.75, 3.05) is 24.2 Å². The number of hydrogen-bond acceptors (Lipinski definition) is 5. The number of rotatable bonds is 4. The molecule has 0 radical (unpaired) electrons. The van der Waals surface area contributed by atoms with Crippen LogP contribution in [0.5, 0.6) is 0 Å². The van der Waals surface area contributed by atoms with E-state index in [9.17, 15) is 0 Å². The van der Waals surface area contributed by atoms with E-state index in [0.29, 0.717) is 5.56 Å².